The van der Waals surface area contributed by atoms with Crippen molar-refractivity contribution in [2.45, 2.75) is 13.1 Å². The molecule has 0 aromatic heterocycles. The number of nitrogen functional groups attached to an aromatic ring is 1. The van der Waals surface area contributed by atoms with E-state index in [9.17, 15) is 13.6 Å². The molecule has 20 heavy (non-hydrogen) atoms. The molecule has 1 aliphatic rings. The van der Waals surface area contributed by atoms with E-state index in [1.54, 1.807) is 4.90 Å². The quantitative estimate of drug-likeness (QED) is 0.813. The van der Waals surface area contributed by atoms with E-state index in [-0.39, 0.29) is 5.56 Å². The van der Waals surface area contributed by atoms with Crippen LogP contribution in [0.1, 0.15) is 21.5 Å². The Labute approximate surface area is 114 Å². The fourth-order valence-corrected chi connectivity index (χ4v) is 2.37. The van der Waals surface area contributed by atoms with Crippen LogP contribution in [0.2, 0.25) is 0 Å². The van der Waals surface area contributed by atoms with E-state index < -0.39 is 23.2 Å². The van der Waals surface area contributed by atoms with E-state index in [0.717, 1.165) is 23.3 Å². The molecule has 1 heterocycles. The van der Waals surface area contributed by atoms with Crippen molar-refractivity contribution in [3.8, 4) is 0 Å². The Balaban J connectivity index is 1.88. The summed E-state index contributed by atoms with van der Waals surface area (Å²) < 4.78 is 26.8. The van der Waals surface area contributed by atoms with Crippen LogP contribution in [-0.4, -0.2) is 10.8 Å². The monoisotopic (exact) mass is 274 g/mol. The first kappa shape index (κ1) is 12.6. The molecule has 2 N–H and O–H groups in total. The molecule has 0 spiro atoms. The fourth-order valence-electron chi connectivity index (χ4n) is 2.37. The minimum absolute atomic E-state index is 0.0259. The minimum atomic E-state index is -0.912. The van der Waals surface area contributed by atoms with Gasteiger partial charge in [-0.25, -0.2) is 8.78 Å². The van der Waals surface area contributed by atoms with Crippen LogP contribution in [0.5, 0.6) is 0 Å². The second-order valence-electron chi connectivity index (χ2n) is 4.78. The number of nitrogens with zero attached hydrogens (tertiary/aromatic N) is 1. The molecule has 1 amide bonds. The van der Waals surface area contributed by atoms with Gasteiger partial charge < -0.3 is 10.6 Å². The lowest BCUT2D eigenvalue weighted by Crippen LogP contribution is -2.25. The Kier molecular flexibility index (Phi) is 2.89. The second kappa shape index (κ2) is 4.59. The van der Waals surface area contributed by atoms with Gasteiger partial charge in [0.2, 0.25) is 0 Å². The lowest BCUT2D eigenvalue weighted by Gasteiger charge is -2.16. The average Bonchev–Trinajstić information content (AvgIpc) is 2.87. The number of carbonyl (C=O) groups is 1. The zero-order valence-corrected chi connectivity index (χ0v) is 10.6. The van der Waals surface area contributed by atoms with Gasteiger partial charge >= 0.3 is 0 Å². The van der Waals surface area contributed by atoms with E-state index >= 15 is 0 Å². The van der Waals surface area contributed by atoms with Crippen LogP contribution >= 0.6 is 0 Å². The van der Waals surface area contributed by atoms with Gasteiger partial charge in [-0.1, -0.05) is 24.3 Å². The van der Waals surface area contributed by atoms with Crippen molar-refractivity contribution in [1.29, 1.82) is 0 Å². The van der Waals surface area contributed by atoms with E-state index in [1.807, 2.05) is 24.3 Å². The van der Waals surface area contributed by atoms with Crippen LogP contribution in [0.4, 0.5) is 14.5 Å². The lowest BCUT2D eigenvalue weighted by atomic mass is 10.1. The summed E-state index contributed by atoms with van der Waals surface area (Å²) in [6.45, 7) is 0.894. The number of halogens is 2. The van der Waals surface area contributed by atoms with Gasteiger partial charge in [0.15, 0.2) is 0 Å². The van der Waals surface area contributed by atoms with Crippen molar-refractivity contribution in [3.63, 3.8) is 0 Å². The van der Waals surface area contributed by atoms with Crippen LogP contribution in [-0.2, 0) is 13.1 Å². The van der Waals surface area contributed by atoms with Gasteiger partial charge in [0.05, 0.1) is 0 Å². The van der Waals surface area contributed by atoms with Crippen LogP contribution in [0, 0.1) is 11.6 Å². The second-order valence-corrected chi connectivity index (χ2v) is 4.78. The minimum Gasteiger partial charge on any atom is -0.394 e. The predicted octanol–water partition coefficient (Wildman–Crippen LogP) is 2.70. The van der Waals surface area contributed by atoms with Gasteiger partial charge in [-0.2, -0.15) is 0 Å². The molecule has 5 heteroatoms. The fraction of sp³-hybridized carbons (Fsp3) is 0.133. The molecule has 3 rings (SSSR count). The van der Waals surface area contributed by atoms with Crippen molar-refractivity contribution < 1.29 is 13.6 Å². The first-order chi connectivity index (χ1) is 9.56. The van der Waals surface area contributed by atoms with Gasteiger partial charge in [0.1, 0.15) is 17.3 Å². The number of benzene rings is 2. The largest absolute Gasteiger partial charge is 0.394 e. The highest BCUT2D eigenvalue weighted by Gasteiger charge is 2.25. The zero-order valence-electron chi connectivity index (χ0n) is 10.6. The molecule has 1 aliphatic heterocycles. The molecular formula is C15H12F2N2O. The molecule has 0 aliphatic carbocycles. The van der Waals surface area contributed by atoms with Gasteiger partial charge in [0.25, 0.3) is 5.91 Å². The van der Waals surface area contributed by atoms with Crippen molar-refractivity contribution in [2.75, 3.05) is 5.73 Å². The Morgan fingerprint density at radius 3 is 2.05 bits per heavy atom. The maximum absolute atomic E-state index is 13.4. The maximum atomic E-state index is 13.4. The van der Waals surface area contributed by atoms with Crippen molar-refractivity contribution in [1.82, 2.24) is 4.90 Å². The highest BCUT2D eigenvalue weighted by molar-refractivity contribution is 5.95. The van der Waals surface area contributed by atoms with E-state index in [2.05, 4.69) is 0 Å². The summed E-state index contributed by atoms with van der Waals surface area (Å²) in [5.74, 6) is -2.23. The smallest absolute Gasteiger partial charge is 0.254 e. The van der Waals surface area contributed by atoms with Crippen LogP contribution in [0.15, 0.2) is 36.4 Å². The molecule has 0 atom stereocenters. The summed E-state index contributed by atoms with van der Waals surface area (Å²) in [4.78, 5) is 13.8. The number of anilines is 1. The molecule has 0 fully saturated rings. The third-order valence-corrected chi connectivity index (χ3v) is 3.45. The van der Waals surface area contributed by atoms with Crippen molar-refractivity contribution in [2.24, 2.45) is 0 Å². The Morgan fingerprint density at radius 2 is 1.55 bits per heavy atom. The van der Waals surface area contributed by atoms with Gasteiger partial charge in [0, 0.05) is 18.7 Å². The first-order valence-electron chi connectivity index (χ1n) is 6.17. The predicted molar refractivity (Wildman–Crippen MR) is 70.8 cm³/mol. The molecule has 3 nitrogen and oxygen atoms in total. The SMILES string of the molecule is Nc1c(F)cc(C(=O)N2Cc3ccccc3C2)cc1F. The number of carbonyl (C=O) groups excluding carboxylic acids is 1. The Bertz CT molecular complexity index is 652. The normalized spacial score (nSPS) is 13.4. The first-order valence-corrected chi connectivity index (χ1v) is 6.17. The molecule has 2 aromatic rings. The average molecular weight is 274 g/mol. The molecule has 0 radical (unpaired) electrons. The van der Waals surface area contributed by atoms with Gasteiger partial charge in [-0.3, -0.25) is 4.79 Å². The Hall–Kier alpha value is -2.43. The number of fused-ring (bicyclic) bond motifs is 1. The van der Waals surface area contributed by atoms with Crippen LogP contribution in [0.3, 0.4) is 0 Å². The number of hydrogen-bond acceptors (Lipinski definition) is 2. The number of amides is 1. The van der Waals surface area contributed by atoms with Crippen LogP contribution < -0.4 is 5.73 Å². The molecule has 0 saturated carbocycles. The highest BCUT2D eigenvalue weighted by atomic mass is 19.1. The lowest BCUT2D eigenvalue weighted by molar-refractivity contribution is 0.0750. The number of nitrogens with two attached hydrogens (primary N) is 1. The van der Waals surface area contributed by atoms with E-state index in [4.69, 9.17) is 5.73 Å². The third-order valence-electron chi connectivity index (χ3n) is 3.45. The molecule has 102 valence electrons. The van der Waals surface area contributed by atoms with E-state index in [0.29, 0.717) is 13.1 Å². The Morgan fingerprint density at radius 1 is 1.05 bits per heavy atom. The highest BCUT2D eigenvalue weighted by Crippen LogP contribution is 2.25. The van der Waals surface area contributed by atoms with E-state index in [1.165, 1.54) is 0 Å². The third kappa shape index (κ3) is 2.01. The summed E-state index contributed by atoms with van der Waals surface area (Å²) in [6, 6.07) is 9.62. The van der Waals surface area contributed by atoms with Crippen LogP contribution in [0.25, 0.3) is 0 Å². The standard InChI is InChI=1S/C15H12F2N2O/c16-12-5-11(6-13(17)14(12)18)15(20)19-7-9-3-1-2-4-10(9)8-19/h1-6H,7-8,18H2. The molecule has 0 unspecified atom stereocenters. The topological polar surface area (TPSA) is 46.3 Å². The number of hydrogen-bond donors (Lipinski definition) is 1. The molecule has 2 aromatic carbocycles. The maximum Gasteiger partial charge on any atom is 0.254 e. The summed E-state index contributed by atoms with van der Waals surface area (Å²) in [5.41, 5.74) is 6.71. The van der Waals surface area contributed by atoms with Gasteiger partial charge in [-0.15, -0.1) is 0 Å². The molecular weight excluding hydrogens is 262 g/mol. The number of rotatable bonds is 1. The summed E-state index contributed by atoms with van der Waals surface area (Å²) in [7, 11) is 0. The summed E-state index contributed by atoms with van der Waals surface area (Å²) >= 11 is 0. The van der Waals surface area contributed by atoms with Crippen molar-refractivity contribution >= 4 is 11.6 Å². The molecule has 0 bridgehead atoms. The molecule has 0 saturated heterocycles. The van der Waals surface area contributed by atoms with Crippen molar-refractivity contribution in [3.05, 3.63) is 64.7 Å². The summed E-state index contributed by atoms with van der Waals surface area (Å²) in [5, 5.41) is 0. The zero-order chi connectivity index (χ0) is 14.3. The summed E-state index contributed by atoms with van der Waals surface area (Å²) in [6.07, 6.45) is 0. The van der Waals surface area contributed by atoms with Gasteiger partial charge in [-0.05, 0) is 23.3 Å².